The van der Waals surface area contributed by atoms with Gasteiger partial charge in [0.15, 0.2) is 0 Å². The van der Waals surface area contributed by atoms with Crippen LogP contribution in [0.4, 0.5) is 4.79 Å². The van der Waals surface area contributed by atoms with Crippen molar-refractivity contribution in [3.63, 3.8) is 0 Å². The zero-order chi connectivity index (χ0) is 13.5. The highest BCUT2D eigenvalue weighted by Gasteiger charge is 2.24. The predicted molar refractivity (Wildman–Crippen MR) is 68.3 cm³/mol. The first-order valence-electron chi connectivity index (χ1n) is 6.01. The molecule has 17 heavy (non-hydrogen) atoms. The molecule has 0 saturated heterocycles. The first kappa shape index (κ1) is 16.1. The van der Waals surface area contributed by atoms with Crippen LogP contribution in [0.3, 0.4) is 0 Å². The van der Waals surface area contributed by atoms with Gasteiger partial charge in [-0.15, -0.1) is 0 Å². The SMILES string of the molecule is CCN(C(=O)OC(C)(C)C)N(CCN)CCN. The Kier molecular flexibility index (Phi) is 7.10. The molecule has 0 aliphatic rings. The van der Waals surface area contributed by atoms with Crippen molar-refractivity contribution in [1.29, 1.82) is 0 Å². The Morgan fingerprint density at radius 2 is 1.65 bits per heavy atom. The van der Waals surface area contributed by atoms with Gasteiger partial charge in [0, 0.05) is 32.7 Å². The fourth-order valence-corrected chi connectivity index (χ4v) is 1.41. The lowest BCUT2D eigenvalue weighted by Crippen LogP contribution is -2.51. The van der Waals surface area contributed by atoms with Gasteiger partial charge < -0.3 is 16.2 Å². The van der Waals surface area contributed by atoms with E-state index in [0.717, 1.165) is 0 Å². The molecule has 6 heteroatoms. The van der Waals surface area contributed by atoms with E-state index in [2.05, 4.69) is 0 Å². The Morgan fingerprint density at radius 1 is 1.18 bits per heavy atom. The minimum atomic E-state index is -0.498. The van der Waals surface area contributed by atoms with E-state index in [1.165, 1.54) is 0 Å². The van der Waals surface area contributed by atoms with Gasteiger partial charge in [-0.3, -0.25) is 0 Å². The summed E-state index contributed by atoms with van der Waals surface area (Å²) in [5, 5.41) is 3.37. The standard InChI is InChI=1S/C11H26N4O2/c1-5-15(10(16)17-11(2,3)4)14(8-6-12)9-7-13/h5-9,12-13H2,1-4H3. The Morgan fingerprint density at radius 3 is 1.94 bits per heavy atom. The van der Waals surface area contributed by atoms with Crippen LogP contribution in [0.1, 0.15) is 27.7 Å². The minimum Gasteiger partial charge on any atom is -0.443 e. The molecule has 0 aliphatic carbocycles. The molecule has 0 atom stereocenters. The maximum absolute atomic E-state index is 12.0. The highest BCUT2D eigenvalue weighted by Crippen LogP contribution is 2.11. The molecule has 0 bridgehead atoms. The van der Waals surface area contributed by atoms with Crippen molar-refractivity contribution in [3.05, 3.63) is 0 Å². The maximum atomic E-state index is 12.0. The van der Waals surface area contributed by atoms with Crippen molar-refractivity contribution in [3.8, 4) is 0 Å². The molecule has 4 N–H and O–H groups in total. The Bertz CT molecular complexity index is 222. The summed E-state index contributed by atoms with van der Waals surface area (Å²) < 4.78 is 5.33. The first-order valence-corrected chi connectivity index (χ1v) is 6.01. The van der Waals surface area contributed by atoms with Crippen molar-refractivity contribution in [2.75, 3.05) is 32.7 Å². The van der Waals surface area contributed by atoms with Crippen LogP contribution in [-0.2, 0) is 4.74 Å². The monoisotopic (exact) mass is 246 g/mol. The highest BCUT2D eigenvalue weighted by atomic mass is 16.6. The largest absolute Gasteiger partial charge is 0.443 e. The number of carbonyl (C=O) groups is 1. The summed E-state index contributed by atoms with van der Waals surface area (Å²) in [6.07, 6.45) is -0.359. The molecule has 6 nitrogen and oxygen atoms in total. The number of carbonyl (C=O) groups excluding carboxylic acids is 1. The van der Waals surface area contributed by atoms with Gasteiger partial charge in [-0.2, -0.15) is 0 Å². The van der Waals surface area contributed by atoms with Crippen molar-refractivity contribution < 1.29 is 9.53 Å². The summed E-state index contributed by atoms with van der Waals surface area (Å²) in [6, 6.07) is 0. The normalized spacial score (nSPS) is 11.7. The fourth-order valence-electron chi connectivity index (χ4n) is 1.41. The summed E-state index contributed by atoms with van der Waals surface area (Å²) in [5.41, 5.74) is 10.5. The number of hydrazine groups is 1. The summed E-state index contributed by atoms with van der Waals surface area (Å²) in [5.74, 6) is 0. The summed E-state index contributed by atoms with van der Waals surface area (Å²) in [4.78, 5) is 12.0. The highest BCUT2D eigenvalue weighted by molar-refractivity contribution is 5.67. The molecule has 0 heterocycles. The number of amides is 1. The zero-order valence-corrected chi connectivity index (χ0v) is 11.4. The third kappa shape index (κ3) is 6.45. The minimum absolute atomic E-state index is 0.359. The molecule has 0 fully saturated rings. The fraction of sp³-hybridized carbons (Fsp3) is 0.909. The molecule has 0 aromatic carbocycles. The Hall–Kier alpha value is -0.850. The quantitative estimate of drug-likeness (QED) is 0.662. The van der Waals surface area contributed by atoms with Crippen molar-refractivity contribution >= 4 is 6.09 Å². The lowest BCUT2D eigenvalue weighted by atomic mass is 10.2. The van der Waals surface area contributed by atoms with Crippen LogP contribution in [0, 0.1) is 0 Å². The topological polar surface area (TPSA) is 84.8 Å². The van der Waals surface area contributed by atoms with E-state index >= 15 is 0 Å². The number of nitrogens with two attached hydrogens (primary N) is 2. The summed E-state index contributed by atoms with van der Waals surface area (Å²) >= 11 is 0. The van der Waals surface area contributed by atoms with E-state index in [1.54, 1.807) is 5.01 Å². The van der Waals surface area contributed by atoms with Gasteiger partial charge in [-0.1, -0.05) is 0 Å². The van der Waals surface area contributed by atoms with Crippen LogP contribution in [0.2, 0.25) is 0 Å². The molecule has 0 aromatic heterocycles. The van der Waals surface area contributed by atoms with Gasteiger partial charge in [0.05, 0.1) is 0 Å². The lowest BCUT2D eigenvalue weighted by molar-refractivity contribution is -0.0459. The predicted octanol–water partition coefficient (Wildman–Crippen LogP) is 0.378. The van der Waals surface area contributed by atoms with Crippen molar-refractivity contribution in [2.24, 2.45) is 11.5 Å². The van der Waals surface area contributed by atoms with E-state index < -0.39 is 5.60 Å². The van der Waals surface area contributed by atoms with E-state index in [4.69, 9.17) is 16.2 Å². The summed E-state index contributed by atoms with van der Waals surface area (Å²) in [6.45, 7) is 10.1. The molecule has 0 aliphatic heterocycles. The van der Waals surface area contributed by atoms with E-state index in [9.17, 15) is 4.79 Å². The molecule has 0 spiro atoms. The molecule has 1 amide bonds. The van der Waals surface area contributed by atoms with Gasteiger partial charge in [0.1, 0.15) is 5.60 Å². The van der Waals surface area contributed by atoms with Gasteiger partial charge in [0.2, 0.25) is 0 Å². The lowest BCUT2D eigenvalue weighted by Gasteiger charge is -2.34. The maximum Gasteiger partial charge on any atom is 0.424 e. The second-order valence-electron chi connectivity index (χ2n) is 4.73. The number of hydrogen-bond acceptors (Lipinski definition) is 5. The van der Waals surface area contributed by atoms with Crippen molar-refractivity contribution in [2.45, 2.75) is 33.3 Å². The molecule has 102 valence electrons. The van der Waals surface area contributed by atoms with E-state index in [0.29, 0.717) is 32.7 Å². The van der Waals surface area contributed by atoms with Gasteiger partial charge >= 0.3 is 6.09 Å². The van der Waals surface area contributed by atoms with Crippen LogP contribution in [0.15, 0.2) is 0 Å². The molecular formula is C11H26N4O2. The smallest absolute Gasteiger partial charge is 0.424 e. The second kappa shape index (κ2) is 7.47. The zero-order valence-electron chi connectivity index (χ0n) is 11.4. The number of nitrogens with zero attached hydrogens (tertiary/aromatic N) is 2. The Labute approximate surface area is 104 Å². The molecule has 0 unspecified atom stereocenters. The molecule has 0 radical (unpaired) electrons. The van der Waals surface area contributed by atoms with Gasteiger partial charge in [-0.05, 0) is 27.7 Å². The number of ether oxygens (including phenoxy) is 1. The van der Waals surface area contributed by atoms with E-state index in [1.807, 2.05) is 32.7 Å². The second-order valence-corrected chi connectivity index (χ2v) is 4.73. The third-order valence-electron chi connectivity index (χ3n) is 2.02. The van der Waals surface area contributed by atoms with Crippen LogP contribution in [0.25, 0.3) is 0 Å². The Balaban J connectivity index is 4.59. The van der Waals surface area contributed by atoms with Gasteiger partial charge in [-0.25, -0.2) is 14.8 Å². The average Bonchev–Trinajstić information content (AvgIpc) is 2.16. The summed E-state index contributed by atoms with van der Waals surface area (Å²) in [7, 11) is 0. The van der Waals surface area contributed by atoms with Crippen molar-refractivity contribution in [1.82, 2.24) is 10.0 Å². The van der Waals surface area contributed by atoms with Crippen LogP contribution in [0.5, 0.6) is 0 Å². The van der Waals surface area contributed by atoms with Gasteiger partial charge in [0.25, 0.3) is 0 Å². The first-order chi connectivity index (χ1) is 7.85. The van der Waals surface area contributed by atoms with E-state index in [-0.39, 0.29) is 6.09 Å². The third-order valence-corrected chi connectivity index (χ3v) is 2.02. The van der Waals surface area contributed by atoms with Crippen LogP contribution < -0.4 is 11.5 Å². The molecule has 0 aromatic rings. The number of hydrogen-bond donors (Lipinski definition) is 2. The van der Waals surface area contributed by atoms with Crippen LogP contribution >= 0.6 is 0 Å². The molecular weight excluding hydrogens is 220 g/mol. The molecule has 0 saturated carbocycles. The van der Waals surface area contributed by atoms with Crippen LogP contribution in [-0.4, -0.2) is 54.4 Å². The number of rotatable bonds is 6. The molecule has 0 rings (SSSR count). The average molecular weight is 246 g/mol.